The van der Waals surface area contributed by atoms with Crippen molar-refractivity contribution in [1.29, 1.82) is 0 Å². The SMILES string of the molecule is CC1CCCCC1(CN)N1C(=O)CC2(CCCC2)CC1=O. The molecule has 2 unspecified atom stereocenters. The van der Waals surface area contributed by atoms with E-state index in [2.05, 4.69) is 6.92 Å². The largest absolute Gasteiger partial charge is 0.328 e. The number of nitrogens with zero attached hydrogens (tertiary/aromatic N) is 1. The second-order valence-electron chi connectivity index (χ2n) is 7.64. The van der Waals surface area contributed by atoms with Crippen LogP contribution in [0.1, 0.15) is 71.1 Å². The highest BCUT2D eigenvalue weighted by Gasteiger charge is 2.53. The topological polar surface area (TPSA) is 63.4 Å². The molecule has 2 atom stereocenters. The molecule has 118 valence electrons. The Morgan fingerprint density at radius 1 is 1.05 bits per heavy atom. The Bertz CT molecular complexity index is 422. The highest BCUT2D eigenvalue weighted by atomic mass is 16.2. The zero-order valence-corrected chi connectivity index (χ0v) is 13.2. The number of piperidine rings is 1. The smallest absolute Gasteiger partial charge is 0.230 e. The number of rotatable bonds is 2. The van der Waals surface area contributed by atoms with E-state index in [1.807, 2.05) is 0 Å². The maximum absolute atomic E-state index is 12.8. The lowest BCUT2D eigenvalue weighted by Crippen LogP contribution is -2.65. The van der Waals surface area contributed by atoms with Gasteiger partial charge in [0.25, 0.3) is 0 Å². The van der Waals surface area contributed by atoms with Crippen molar-refractivity contribution in [2.45, 2.75) is 76.7 Å². The molecule has 0 aromatic carbocycles. The molecule has 2 saturated carbocycles. The van der Waals surface area contributed by atoms with E-state index in [0.29, 0.717) is 25.3 Å². The fourth-order valence-corrected chi connectivity index (χ4v) is 5.10. The minimum absolute atomic E-state index is 0.0155. The van der Waals surface area contributed by atoms with E-state index in [9.17, 15) is 9.59 Å². The van der Waals surface area contributed by atoms with Gasteiger partial charge < -0.3 is 5.73 Å². The van der Waals surface area contributed by atoms with E-state index in [-0.39, 0.29) is 17.2 Å². The Morgan fingerprint density at radius 2 is 1.62 bits per heavy atom. The molecule has 0 radical (unpaired) electrons. The van der Waals surface area contributed by atoms with E-state index in [0.717, 1.165) is 32.1 Å². The van der Waals surface area contributed by atoms with Gasteiger partial charge in [-0.25, -0.2) is 0 Å². The second-order valence-corrected chi connectivity index (χ2v) is 7.64. The van der Waals surface area contributed by atoms with E-state index in [4.69, 9.17) is 5.73 Å². The number of carbonyl (C=O) groups excluding carboxylic acids is 2. The standard InChI is InChI=1S/C17H28N2O2/c1-13-6-2-3-9-17(13,12-18)19-14(20)10-16(11-15(19)21)7-4-5-8-16/h13H,2-12,18H2,1H3. The lowest BCUT2D eigenvalue weighted by atomic mass is 9.69. The zero-order chi connectivity index (χ0) is 15.1. The Kier molecular flexibility index (Phi) is 3.85. The summed E-state index contributed by atoms with van der Waals surface area (Å²) in [6, 6.07) is 0. The van der Waals surface area contributed by atoms with Crippen LogP contribution in [0.3, 0.4) is 0 Å². The van der Waals surface area contributed by atoms with E-state index in [1.165, 1.54) is 19.3 Å². The number of amides is 2. The third-order valence-electron chi connectivity index (χ3n) is 6.43. The van der Waals surface area contributed by atoms with Crippen molar-refractivity contribution in [3.05, 3.63) is 0 Å². The third kappa shape index (κ3) is 2.32. The summed E-state index contributed by atoms with van der Waals surface area (Å²) in [6.07, 6.45) is 9.76. The van der Waals surface area contributed by atoms with Gasteiger partial charge in [-0.15, -0.1) is 0 Å². The molecule has 3 rings (SSSR count). The summed E-state index contributed by atoms with van der Waals surface area (Å²) in [5.41, 5.74) is 5.66. The van der Waals surface area contributed by atoms with Gasteiger partial charge in [-0.2, -0.15) is 0 Å². The molecule has 1 spiro atoms. The molecule has 1 heterocycles. The molecule has 3 aliphatic rings. The van der Waals surface area contributed by atoms with Gasteiger partial charge in [0.05, 0.1) is 5.54 Å². The molecular weight excluding hydrogens is 264 g/mol. The zero-order valence-electron chi connectivity index (χ0n) is 13.2. The molecule has 4 nitrogen and oxygen atoms in total. The number of hydrogen-bond acceptors (Lipinski definition) is 3. The molecule has 21 heavy (non-hydrogen) atoms. The summed E-state index contributed by atoms with van der Waals surface area (Å²) < 4.78 is 0. The maximum Gasteiger partial charge on any atom is 0.230 e. The fourth-order valence-electron chi connectivity index (χ4n) is 5.10. The summed E-state index contributed by atoms with van der Waals surface area (Å²) in [6.45, 7) is 2.57. The van der Waals surface area contributed by atoms with Crippen molar-refractivity contribution in [3.8, 4) is 0 Å². The number of hydrogen-bond donors (Lipinski definition) is 1. The number of carbonyl (C=O) groups is 2. The fraction of sp³-hybridized carbons (Fsp3) is 0.882. The first-order chi connectivity index (χ1) is 10.0. The molecule has 1 aliphatic heterocycles. The van der Waals surface area contributed by atoms with Crippen molar-refractivity contribution >= 4 is 11.8 Å². The van der Waals surface area contributed by atoms with Gasteiger partial charge in [-0.05, 0) is 37.0 Å². The Labute approximate surface area is 127 Å². The van der Waals surface area contributed by atoms with Crippen LogP contribution in [0.15, 0.2) is 0 Å². The van der Waals surface area contributed by atoms with Crippen LogP contribution in [0.4, 0.5) is 0 Å². The second kappa shape index (κ2) is 5.38. The third-order valence-corrected chi connectivity index (χ3v) is 6.43. The first-order valence-electron chi connectivity index (χ1n) is 8.59. The Balaban J connectivity index is 1.87. The van der Waals surface area contributed by atoms with Crippen LogP contribution in [0.25, 0.3) is 0 Å². The normalized spacial score (nSPS) is 36.5. The number of imide groups is 1. The monoisotopic (exact) mass is 292 g/mol. The van der Waals surface area contributed by atoms with Crippen molar-refractivity contribution in [2.75, 3.05) is 6.54 Å². The van der Waals surface area contributed by atoms with E-state index >= 15 is 0 Å². The highest BCUT2D eigenvalue weighted by Crippen LogP contribution is 2.49. The molecule has 1 saturated heterocycles. The highest BCUT2D eigenvalue weighted by molar-refractivity contribution is 5.99. The summed E-state index contributed by atoms with van der Waals surface area (Å²) in [7, 11) is 0. The summed E-state index contributed by atoms with van der Waals surface area (Å²) in [5, 5.41) is 0. The molecule has 2 aliphatic carbocycles. The molecule has 0 bridgehead atoms. The van der Waals surface area contributed by atoms with Crippen molar-refractivity contribution in [2.24, 2.45) is 17.1 Å². The Morgan fingerprint density at radius 3 is 2.14 bits per heavy atom. The van der Waals surface area contributed by atoms with Gasteiger partial charge >= 0.3 is 0 Å². The minimum atomic E-state index is -0.410. The van der Waals surface area contributed by atoms with Gasteiger partial charge in [0.15, 0.2) is 0 Å². The quantitative estimate of drug-likeness (QED) is 0.796. The van der Waals surface area contributed by atoms with Crippen LogP contribution in [0.5, 0.6) is 0 Å². The molecule has 4 heteroatoms. The molecule has 2 amide bonds. The van der Waals surface area contributed by atoms with Gasteiger partial charge in [-0.1, -0.05) is 32.6 Å². The average Bonchev–Trinajstić information content (AvgIpc) is 2.87. The van der Waals surface area contributed by atoms with Gasteiger partial charge in [-0.3, -0.25) is 14.5 Å². The first kappa shape index (κ1) is 15.0. The van der Waals surface area contributed by atoms with Gasteiger partial charge in [0.1, 0.15) is 0 Å². The first-order valence-corrected chi connectivity index (χ1v) is 8.59. The van der Waals surface area contributed by atoms with Crippen molar-refractivity contribution in [3.63, 3.8) is 0 Å². The van der Waals surface area contributed by atoms with Crippen LogP contribution < -0.4 is 5.73 Å². The molecule has 0 aromatic heterocycles. The average molecular weight is 292 g/mol. The summed E-state index contributed by atoms with van der Waals surface area (Å²) >= 11 is 0. The summed E-state index contributed by atoms with van der Waals surface area (Å²) in [4.78, 5) is 27.3. The predicted molar refractivity (Wildman–Crippen MR) is 81.4 cm³/mol. The summed E-state index contributed by atoms with van der Waals surface area (Å²) in [5.74, 6) is 0.418. The maximum atomic E-state index is 12.8. The van der Waals surface area contributed by atoms with Crippen molar-refractivity contribution < 1.29 is 9.59 Å². The van der Waals surface area contributed by atoms with Crippen LogP contribution in [0.2, 0.25) is 0 Å². The Hall–Kier alpha value is -0.900. The molecule has 2 N–H and O–H groups in total. The van der Waals surface area contributed by atoms with Crippen LogP contribution in [-0.4, -0.2) is 28.8 Å². The minimum Gasteiger partial charge on any atom is -0.328 e. The van der Waals surface area contributed by atoms with E-state index in [1.54, 1.807) is 4.90 Å². The predicted octanol–water partition coefficient (Wildman–Crippen LogP) is 2.60. The number of likely N-dealkylation sites (tertiary alicyclic amines) is 1. The van der Waals surface area contributed by atoms with Crippen LogP contribution >= 0.6 is 0 Å². The van der Waals surface area contributed by atoms with Gasteiger partial charge in [0, 0.05) is 19.4 Å². The lowest BCUT2D eigenvalue weighted by molar-refractivity contribution is -0.165. The van der Waals surface area contributed by atoms with Crippen molar-refractivity contribution in [1.82, 2.24) is 4.90 Å². The van der Waals surface area contributed by atoms with E-state index < -0.39 is 5.54 Å². The van der Waals surface area contributed by atoms with Gasteiger partial charge in [0.2, 0.25) is 11.8 Å². The lowest BCUT2D eigenvalue weighted by Gasteiger charge is -2.52. The molecular formula is C17H28N2O2. The van der Waals surface area contributed by atoms with Crippen LogP contribution in [0, 0.1) is 11.3 Å². The molecule has 0 aromatic rings. The van der Waals surface area contributed by atoms with Crippen LogP contribution in [-0.2, 0) is 9.59 Å². The number of nitrogens with two attached hydrogens (primary N) is 1. The molecule has 3 fully saturated rings.